The average molecular weight is 246 g/mol. The van der Waals surface area contributed by atoms with Gasteiger partial charge in [0.15, 0.2) is 0 Å². The van der Waals surface area contributed by atoms with E-state index in [4.69, 9.17) is 0 Å². The Bertz CT molecular complexity index is 341. The smallest absolute Gasteiger partial charge is 0.0411 e. The first-order valence-corrected chi connectivity index (χ1v) is 7.45. The van der Waals surface area contributed by atoms with Crippen molar-refractivity contribution in [2.45, 2.75) is 45.6 Å². The number of rotatable bonds is 4. The van der Waals surface area contributed by atoms with Crippen LogP contribution in [-0.2, 0) is 6.54 Å². The first kappa shape index (κ1) is 13.4. The molecule has 2 rings (SSSR count). The first-order valence-electron chi connectivity index (χ1n) is 7.45. The molecule has 1 fully saturated rings. The minimum Gasteiger partial charge on any atom is -0.371 e. The lowest BCUT2D eigenvalue weighted by Gasteiger charge is -2.29. The summed E-state index contributed by atoms with van der Waals surface area (Å²) in [5.41, 5.74) is 2.89. The number of nitrogens with zero attached hydrogens (tertiary/aromatic N) is 1. The second-order valence-corrected chi connectivity index (χ2v) is 5.16. The SMILES string of the molecule is CCNCc1ccccc1N1CCCCCCC1. The van der Waals surface area contributed by atoms with Crippen molar-refractivity contribution in [3.05, 3.63) is 29.8 Å². The molecule has 1 aromatic rings. The zero-order valence-corrected chi connectivity index (χ0v) is 11.6. The zero-order chi connectivity index (χ0) is 12.6. The molecule has 0 bridgehead atoms. The molecule has 0 aliphatic carbocycles. The summed E-state index contributed by atoms with van der Waals surface area (Å²) in [5.74, 6) is 0. The molecule has 0 atom stereocenters. The van der Waals surface area contributed by atoms with E-state index in [9.17, 15) is 0 Å². The maximum Gasteiger partial charge on any atom is 0.0411 e. The van der Waals surface area contributed by atoms with Crippen LogP contribution in [0, 0.1) is 0 Å². The van der Waals surface area contributed by atoms with Crippen LogP contribution in [0.2, 0.25) is 0 Å². The molecular formula is C16H26N2. The van der Waals surface area contributed by atoms with E-state index in [1.54, 1.807) is 0 Å². The minimum atomic E-state index is 0.989. The van der Waals surface area contributed by atoms with Crippen LogP contribution in [-0.4, -0.2) is 19.6 Å². The van der Waals surface area contributed by atoms with E-state index in [1.165, 1.54) is 56.4 Å². The fourth-order valence-electron chi connectivity index (χ4n) is 2.72. The molecule has 18 heavy (non-hydrogen) atoms. The zero-order valence-electron chi connectivity index (χ0n) is 11.6. The lowest BCUT2D eigenvalue weighted by atomic mass is 10.1. The van der Waals surface area contributed by atoms with Crippen LogP contribution >= 0.6 is 0 Å². The first-order chi connectivity index (χ1) is 8.92. The molecule has 0 saturated carbocycles. The monoisotopic (exact) mass is 246 g/mol. The normalized spacial score (nSPS) is 17.3. The Morgan fingerprint density at radius 3 is 2.39 bits per heavy atom. The molecule has 0 aromatic heterocycles. The van der Waals surface area contributed by atoms with Crippen molar-refractivity contribution in [3.63, 3.8) is 0 Å². The fourth-order valence-corrected chi connectivity index (χ4v) is 2.72. The van der Waals surface area contributed by atoms with Crippen LogP contribution in [0.1, 0.15) is 44.6 Å². The van der Waals surface area contributed by atoms with Crippen molar-refractivity contribution >= 4 is 5.69 Å². The number of hydrogen-bond donors (Lipinski definition) is 1. The Morgan fingerprint density at radius 2 is 1.67 bits per heavy atom. The Balaban J connectivity index is 2.08. The lowest BCUT2D eigenvalue weighted by molar-refractivity contribution is 0.555. The Morgan fingerprint density at radius 1 is 1.00 bits per heavy atom. The van der Waals surface area contributed by atoms with Gasteiger partial charge in [0.2, 0.25) is 0 Å². The lowest BCUT2D eigenvalue weighted by Crippen LogP contribution is -2.28. The molecule has 2 heteroatoms. The predicted octanol–water partition coefficient (Wildman–Crippen LogP) is 3.57. The van der Waals surface area contributed by atoms with Gasteiger partial charge in [0.05, 0.1) is 0 Å². The molecule has 0 radical (unpaired) electrons. The highest BCUT2D eigenvalue weighted by Gasteiger charge is 2.11. The summed E-state index contributed by atoms with van der Waals surface area (Å²) in [6, 6.07) is 8.87. The molecule has 1 heterocycles. The molecule has 1 aromatic carbocycles. The largest absolute Gasteiger partial charge is 0.371 e. The summed E-state index contributed by atoms with van der Waals surface area (Å²) < 4.78 is 0. The van der Waals surface area contributed by atoms with Gasteiger partial charge in [0.1, 0.15) is 0 Å². The Kier molecular flexibility index (Phi) is 5.53. The number of hydrogen-bond acceptors (Lipinski definition) is 2. The van der Waals surface area contributed by atoms with Crippen LogP contribution in [0.15, 0.2) is 24.3 Å². The maximum atomic E-state index is 3.45. The van der Waals surface area contributed by atoms with E-state index in [-0.39, 0.29) is 0 Å². The van der Waals surface area contributed by atoms with E-state index in [0.29, 0.717) is 0 Å². The fraction of sp³-hybridized carbons (Fsp3) is 0.625. The van der Waals surface area contributed by atoms with Gasteiger partial charge in [-0.2, -0.15) is 0 Å². The number of anilines is 1. The highest BCUT2D eigenvalue weighted by molar-refractivity contribution is 5.53. The number of nitrogens with one attached hydrogen (secondary N) is 1. The van der Waals surface area contributed by atoms with Gasteiger partial charge in [-0.3, -0.25) is 0 Å². The van der Waals surface area contributed by atoms with Crippen molar-refractivity contribution < 1.29 is 0 Å². The number of para-hydroxylation sites is 1. The summed E-state index contributed by atoms with van der Waals surface area (Å²) >= 11 is 0. The Hall–Kier alpha value is -1.02. The van der Waals surface area contributed by atoms with Crippen molar-refractivity contribution in [2.24, 2.45) is 0 Å². The van der Waals surface area contributed by atoms with E-state index >= 15 is 0 Å². The highest BCUT2D eigenvalue weighted by atomic mass is 15.1. The van der Waals surface area contributed by atoms with Crippen molar-refractivity contribution in [1.29, 1.82) is 0 Å². The van der Waals surface area contributed by atoms with Crippen LogP contribution in [0.25, 0.3) is 0 Å². The van der Waals surface area contributed by atoms with Gasteiger partial charge in [0, 0.05) is 25.3 Å². The van der Waals surface area contributed by atoms with Gasteiger partial charge in [-0.05, 0) is 31.0 Å². The topological polar surface area (TPSA) is 15.3 Å². The van der Waals surface area contributed by atoms with Crippen LogP contribution in [0.4, 0.5) is 5.69 Å². The molecule has 1 N–H and O–H groups in total. The van der Waals surface area contributed by atoms with Crippen LogP contribution in [0.5, 0.6) is 0 Å². The van der Waals surface area contributed by atoms with E-state index in [2.05, 4.69) is 41.4 Å². The van der Waals surface area contributed by atoms with Crippen molar-refractivity contribution in [2.75, 3.05) is 24.5 Å². The summed E-state index contributed by atoms with van der Waals surface area (Å²) in [7, 11) is 0. The molecule has 0 unspecified atom stereocenters. The van der Waals surface area contributed by atoms with E-state index < -0.39 is 0 Å². The molecule has 1 aliphatic rings. The van der Waals surface area contributed by atoms with Crippen LogP contribution in [0.3, 0.4) is 0 Å². The average Bonchev–Trinajstić information content (AvgIpc) is 2.37. The van der Waals surface area contributed by atoms with Gasteiger partial charge in [0.25, 0.3) is 0 Å². The summed E-state index contributed by atoms with van der Waals surface area (Å²) in [4.78, 5) is 2.59. The summed E-state index contributed by atoms with van der Waals surface area (Å²) in [5, 5.41) is 3.45. The Labute approximate surface area is 111 Å². The maximum absolute atomic E-state index is 3.45. The van der Waals surface area contributed by atoms with Gasteiger partial charge >= 0.3 is 0 Å². The molecule has 2 nitrogen and oxygen atoms in total. The van der Waals surface area contributed by atoms with E-state index in [0.717, 1.165) is 13.1 Å². The van der Waals surface area contributed by atoms with Gasteiger partial charge < -0.3 is 10.2 Å². The van der Waals surface area contributed by atoms with Crippen molar-refractivity contribution in [3.8, 4) is 0 Å². The molecule has 0 amide bonds. The summed E-state index contributed by atoms with van der Waals surface area (Å²) in [6.07, 6.45) is 6.90. The van der Waals surface area contributed by atoms with Crippen molar-refractivity contribution in [1.82, 2.24) is 5.32 Å². The quantitative estimate of drug-likeness (QED) is 0.873. The number of benzene rings is 1. The molecular weight excluding hydrogens is 220 g/mol. The van der Waals surface area contributed by atoms with Gasteiger partial charge in [-0.15, -0.1) is 0 Å². The highest BCUT2D eigenvalue weighted by Crippen LogP contribution is 2.23. The standard InChI is InChI=1S/C16H26N2/c1-2-17-14-15-10-6-7-11-16(15)18-12-8-4-3-5-9-13-18/h6-7,10-11,17H,2-5,8-9,12-14H2,1H3. The van der Waals surface area contributed by atoms with Gasteiger partial charge in [-0.25, -0.2) is 0 Å². The van der Waals surface area contributed by atoms with Crippen LogP contribution < -0.4 is 10.2 Å². The van der Waals surface area contributed by atoms with Gasteiger partial charge in [-0.1, -0.05) is 44.4 Å². The predicted molar refractivity (Wildman–Crippen MR) is 79.1 cm³/mol. The third-order valence-electron chi connectivity index (χ3n) is 3.75. The molecule has 1 aliphatic heterocycles. The molecule has 0 spiro atoms. The summed E-state index contributed by atoms with van der Waals surface area (Å²) in [6.45, 7) is 6.64. The molecule has 100 valence electrons. The second-order valence-electron chi connectivity index (χ2n) is 5.16. The third-order valence-corrected chi connectivity index (χ3v) is 3.75. The minimum absolute atomic E-state index is 0.989. The second kappa shape index (κ2) is 7.42. The molecule has 1 saturated heterocycles. The third kappa shape index (κ3) is 3.74. The van der Waals surface area contributed by atoms with E-state index in [1.807, 2.05) is 0 Å².